The third-order valence-electron chi connectivity index (χ3n) is 3.94. The first-order valence-corrected chi connectivity index (χ1v) is 10.8. The van der Waals surface area contributed by atoms with Crippen molar-refractivity contribution in [2.75, 3.05) is 0 Å². The van der Waals surface area contributed by atoms with Crippen LogP contribution in [0.3, 0.4) is 0 Å². The van der Waals surface area contributed by atoms with Crippen LogP contribution in [0.15, 0.2) is 36.4 Å². The molecule has 2 aromatic rings. The first-order chi connectivity index (χ1) is 10.1. The summed E-state index contributed by atoms with van der Waals surface area (Å²) in [5.74, 6) is 2.80. The van der Waals surface area contributed by atoms with Crippen molar-refractivity contribution >= 4 is 19.1 Å². The van der Waals surface area contributed by atoms with E-state index in [1.807, 2.05) is 6.07 Å². The predicted molar refractivity (Wildman–Crippen MR) is 93.9 cm³/mol. The number of benzene rings is 2. The minimum absolute atomic E-state index is 0.629. The van der Waals surface area contributed by atoms with E-state index in [2.05, 4.69) is 56.3 Å². The van der Waals surface area contributed by atoms with Gasteiger partial charge in [-0.2, -0.15) is 0 Å². The molecular formula is C19H24OSi. The maximum absolute atomic E-state index is 6.31. The van der Waals surface area contributed by atoms with Gasteiger partial charge in [0.2, 0.25) is 0 Å². The highest BCUT2D eigenvalue weighted by atomic mass is 28.4. The number of hydrogen-bond acceptors (Lipinski definition) is 1. The summed E-state index contributed by atoms with van der Waals surface area (Å²) >= 11 is 0. The van der Waals surface area contributed by atoms with Crippen LogP contribution in [0.2, 0.25) is 19.1 Å². The Balaban J connectivity index is 2.27. The largest absolute Gasteiger partial charge is 0.413 e. The van der Waals surface area contributed by atoms with Crippen LogP contribution in [-0.2, 0) is 11.0 Å². The van der Waals surface area contributed by atoms with E-state index < -0.39 is 8.32 Å². The second-order valence-corrected chi connectivity index (χ2v) is 10.4. The Labute approximate surface area is 129 Å². The van der Waals surface area contributed by atoms with Gasteiger partial charge in [0.1, 0.15) is 0 Å². The SMILES string of the molecule is C#Cc1ccc2ccccc2c1CO[Si](C)(C)CCCC. The molecule has 0 amide bonds. The fourth-order valence-corrected chi connectivity index (χ4v) is 4.45. The van der Waals surface area contributed by atoms with Crippen molar-refractivity contribution in [3.8, 4) is 12.3 Å². The minimum atomic E-state index is -1.60. The van der Waals surface area contributed by atoms with Gasteiger partial charge in [0, 0.05) is 5.56 Å². The average molecular weight is 296 g/mol. The summed E-state index contributed by atoms with van der Waals surface area (Å²) in [5.41, 5.74) is 2.11. The third-order valence-corrected chi connectivity index (χ3v) is 6.42. The number of hydrogen-bond donors (Lipinski definition) is 0. The van der Waals surface area contributed by atoms with Gasteiger partial charge in [0.25, 0.3) is 0 Å². The molecule has 21 heavy (non-hydrogen) atoms. The predicted octanol–water partition coefficient (Wildman–Crippen LogP) is 5.34. The number of unbranched alkanes of at least 4 members (excludes halogenated alkanes) is 1. The summed E-state index contributed by atoms with van der Waals surface area (Å²) in [4.78, 5) is 0. The molecule has 0 aliphatic heterocycles. The highest BCUT2D eigenvalue weighted by Gasteiger charge is 2.22. The highest BCUT2D eigenvalue weighted by molar-refractivity contribution is 6.71. The Morgan fingerprint density at radius 2 is 1.90 bits per heavy atom. The van der Waals surface area contributed by atoms with Crippen molar-refractivity contribution in [1.29, 1.82) is 0 Å². The molecule has 0 aromatic heterocycles. The topological polar surface area (TPSA) is 9.23 Å². The Morgan fingerprint density at radius 3 is 2.62 bits per heavy atom. The molecule has 0 fully saturated rings. The standard InChI is InChI=1S/C19H24OSi/c1-5-7-14-21(3,4)20-15-19-16(6-2)12-13-17-10-8-9-11-18(17)19/h2,8-13H,5,7,14-15H2,1,3-4H3. The molecule has 0 aliphatic rings. The fourth-order valence-electron chi connectivity index (χ4n) is 2.57. The second-order valence-electron chi connectivity index (χ2n) is 6.11. The minimum Gasteiger partial charge on any atom is -0.413 e. The smallest absolute Gasteiger partial charge is 0.187 e. The van der Waals surface area contributed by atoms with E-state index in [0.717, 1.165) is 11.1 Å². The van der Waals surface area contributed by atoms with Gasteiger partial charge in [-0.1, -0.05) is 56.0 Å². The van der Waals surface area contributed by atoms with Gasteiger partial charge in [-0.15, -0.1) is 6.42 Å². The number of terminal acetylenes is 1. The maximum Gasteiger partial charge on any atom is 0.187 e. The molecule has 1 nitrogen and oxygen atoms in total. The van der Waals surface area contributed by atoms with Gasteiger partial charge in [-0.3, -0.25) is 0 Å². The van der Waals surface area contributed by atoms with Crippen LogP contribution in [0.4, 0.5) is 0 Å². The molecule has 0 bridgehead atoms. The first kappa shape index (κ1) is 15.8. The lowest BCUT2D eigenvalue weighted by Gasteiger charge is -2.23. The molecule has 0 N–H and O–H groups in total. The van der Waals surface area contributed by atoms with Gasteiger partial charge in [0.15, 0.2) is 8.32 Å². The first-order valence-electron chi connectivity index (χ1n) is 7.68. The molecule has 2 rings (SSSR count). The van der Waals surface area contributed by atoms with Crippen LogP contribution in [0.5, 0.6) is 0 Å². The zero-order valence-corrected chi connectivity index (χ0v) is 14.3. The van der Waals surface area contributed by atoms with E-state index in [4.69, 9.17) is 10.8 Å². The summed E-state index contributed by atoms with van der Waals surface area (Å²) in [7, 11) is -1.60. The van der Waals surface area contributed by atoms with Crippen molar-refractivity contribution in [3.63, 3.8) is 0 Å². The molecule has 0 spiro atoms. The normalized spacial score (nSPS) is 11.5. The highest BCUT2D eigenvalue weighted by Crippen LogP contribution is 2.25. The van der Waals surface area contributed by atoms with Gasteiger partial charge < -0.3 is 4.43 Å². The van der Waals surface area contributed by atoms with Crippen LogP contribution in [0.1, 0.15) is 30.9 Å². The monoisotopic (exact) mass is 296 g/mol. The quantitative estimate of drug-likeness (QED) is 0.516. The lowest BCUT2D eigenvalue weighted by molar-refractivity contribution is 0.295. The summed E-state index contributed by atoms with van der Waals surface area (Å²) in [6, 6.07) is 13.7. The summed E-state index contributed by atoms with van der Waals surface area (Å²) < 4.78 is 6.31. The van der Waals surface area contributed by atoms with Crippen molar-refractivity contribution in [1.82, 2.24) is 0 Å². The molecule has 110 valence electrons. The summed E-state index contributed by atoms with van der Waals surface area (Å²) in [5, 5.41) is 2.44. The Hall–Kier alpha value is -1.56. The van der Waals surface area contributed by atoms with E-state index in [1.165, 1.54) is 29.7 Å². The van der Waals surface area contributed by atoms with Crippen LogP contribution >= 0.6 is 0 Å². The fraction of sp³-hybridized carbons (Fsp3) is 0.368. The van der Waals surface area contributed by atoms with Crippen LogP contribution in [0.25, 0.3) is 10.8 Å². The Kier molecular flexibility index (Phi) is 5.22. The van der Waals surface area contributed by atoms with Crippen LogP contribution < -0.4 is 0 Å². The molecule has 0 saturated heterocycles. The summed E-state index contributed by atoms with van der Waals surface area (Å²) in [6.07, 6.45) is 8.14. The molecule has 0 radical (unpaired) electrons. The van der Waals surface area contributed by atoms with Crippen molar-refractivity contribution in [3.05, 3.63) is 47.5 Å². The molecule has 0 heterocycles. The second kappa shape index (κ2) is 6.93. The molecular weight excluding hydrogens is 272 g/mol. The van der Waals surface area contributed by atoms with Gasteiger partial charge >= 0.3 is 0 Å². The van der Waals surface area contributed by atoms with Crippen LogP contribution in [0, 0.1) is 12.3 Å². The zero-order chi connectivity index (χ0) is 15.3. The summed E-state index contributed by atoms with van der Waals surface area (Å²) in [6.45, 7) is 7.45. The van der Waals surface area contributed by atoms with Gasteiger partial charge in [-0.05, 0) is 41.5 Å². The molecule has 0 saturated carbocycles. The van der Waals surface area contributed by atoms with Crippen molar-refractivity contribution < 1.29 is 4.43 Å². The van der Waals surface area contributed by atoms with E-state index >= 15 is 0 Å². The van der Waals surface area contributed by atoms with E-state index in [9.17, 15) is 0 Å². The Morgan fingerprint density at radius 1 is 1.14 bits per heavy atom. The number of rotatable bonds is 6. The molecule has 0 unspecified atom stereocenters. The lowest BCUT2D eigenvalue weighted by Crippen LogP contribution is -2.29. The van der Waals surface area contributed by atoms with Crippen molar-refractivity contribution in [2.24, 2.45) is 0 Å². The molecule has 2 aromatic carbocycles. The maximum atomic E-state index is 6.31. The van der Waals surface area contributed by atoms with Gasteiger partial charge in [0.05, 0.1) is 6.61 Å². The molecule has 0 atom stereocenters. The number of fused-ring (bicyclic) bond motifs is 1. The molecule has 2 heteroatoms. The van der Waals surface area contributed by atoms with E-state index in [0.29, 0.717) is 6.61 Å². The van der Waals surface area contributed by atoms with E-state index in [-0.39, 0.29) is 0 Å². The van der Waals surface area contributed by atoms with Gasteiger partial charge in [-0.25, -0.2) is 0 Å². The van der Waals surface area contributed by atoms with Crippen molar-refractivity contribution in [2.45, 2.75) is 45.5 Å². The average Bonchev–Trinajstić information content (AvgIpc) is 2.50. The van der Waals surface area contributed by atoms with E-state index in [1.54, 1.807) is 0 Å². The zero-order valence-electron chi connectivity index (χ0n) is 13.3. The lowest BCUT2D eigenvalue weighted by atomic mass is 10.00. The third kappa shape index (κ3) is 3.97. The molecule has 0 aliphatic carbocycles. The van der Waals surface area contributed by atoms with Crippen LogP contribution in [-0.4, -0.2) is 8.32 Å². The Bertz CT molecular complexity index is 652.